The fourth-order valence-corrected chi connectivity index (χ4v) is 4.12. The van der Waals surface area contributed by atoms with E-state index in [4.69, 9.17) is 0 Å². The molecule has 25 heavy (non-hydrogen) atoms. The SMILES string of the molecule is CN(C)C1CCN(S(=O)(=O)c2cccc(C(=O)NCC(F)(F)F)c2)C1. The van der Waals surface area contributed by atoms with E-state index >= 15 is 0 Å². The highest BCUT2D eigenvalue weighted by Crippen LogP contribution is 2.23. The van der Waals surface area contributed by atoms with Gasteiger partial charge in [0.15, 0.2) is 0 Å². The third-order valence-corrected chi connectivity index (χ3v) is 5.90. The maximum atomic E-state index is 12.7. The Kier molecular flexibility index (Phi) is 5.75. The molecule has 0 saturated carbocycles. The van der Waals surface area contributed by atoms with Gasteiger partial charge in [0.2, 0.25) is 10.0 Å². The number of nitrogens with zero attached hydrogens (tertiary/aromatic N) is 2. The standard InChI is InChI=1S/C15H20F3N3O3S/c1-20(2)12-6-7-21(9-12)25(23,24)13-5-3-4-11(8-13)14(22)19-10-15(16,17)18/h3-5,8,12H,6-7,9-10H2,1-2H3,(H,19,22). The van der Waals surface area contributed by atoms with Crippen molar-refractivity contribution in [1.29, 1.82) is 0 Å². The minimum Gasteiger partial charge on any atom is -0.343 e. The van der Waals surface area contributed by atoms with Crippen molar-refractivity contribution < 1.29 is 26.4 Å². The van der Waals surface area contributed by atoms with Crippen LogP contribution in [-0.4, -0.2) is 69.5 Å². The maximum absolute atomic E-state index is 12.7. The molecule has 1 aliphatic heterocycles. The molecule has 10 heteroatoms. The Hall–Kier alpha value is -1.65. The van der Waals surface area contributed by atoms with E-state index in [0.29, 0.717) is 19.5 Å². The summed E-state index contributed by atoms with van der Waals surface area (Å²) in [7, 11) is -0.0652. The van der Waals surface area contributed by atoms with Crippen LogP contribution in [0.3, 0.4) is 0 Å². The highest BCUT2D eigenvalue weighted by molar-refractivity contribution is 7.89. The number of hydrogen-bond acceptors (Lipinski definition) is 4. The number of carbonyl (C=O) groups excluding carboxylic acids is 1. The fourth-order valence-electron chi connectivity index (χ4n) is 2.58. The topological polar surface area (TPSA) is 69.7 Å². The number of rotatable bonds is 5. The van der Waals surface area contributed by atoms with Gasteiger partial charge < -0.3 is 10.2 Å². The molecule has 0 aromatic heterocycles. The van der Waals surface area contributed by atoms with E-state index < -0.39 is 28.7 Å². The van der Waals surface area contributed by atoms with E-state index in [2.05, 4.69) is 0 Å². The van der Waals surface area contributed by atoms with E-state index in [0.717, 1.165) is 6.07 Å². The molecular weight excluding hydrogens is 359 g/mol. The van der Waals surface area contributed by atoms with Crippen LogP contribution in [0.2, 0.25) is 0 Å². The number of amides is 1. The van der Waals surface area contributed by atoms with Crippen molar-refractivity contribution in [2.75, 3.05) is 33.7 Å². The summed E-state index contributed by atoms with van der Waals surface area (Å²) in [6.45, 7) is -0.783. The molecule has 2 rings (SSSR count). The molecule has 6 nitrogen and oxygen atoms in total. The fraction of sp³-hybridized carbons (Fsp3) is 0.533. The van der Waals surface area contributed by atoms with Crippen molar-refractivity contribution in [3.8, 4) is 0 Å². The lowest BCUT2D eigenvalue weighted by molar-refractivity contribution is -0.123. The summed E-state index contributed by atoms with van der Waals surface area (Å²) in [6.07, 6.45) is -3.84. The van der Waals surface area contributed by atoms with Gasteiger partial charge in [0.1, 0.15) is 6.54 Å². The smallest absolute Gasteiger partial charge is 0.343 e. The van der Waals surface area contributed by atoms with E-state index in [1.807, 2.05) is 19.0 Å². The number of likely N-dealkylation sites (N-methyl/N-ethyl adjacent to an activating group) is 1. The first kappa shape index (κ1) is 19.7. The molecule has 1 unspecified atom stereocenters. The summed E-state index contributed by atoms with van der Waals surface area (Å²) in [5, 5.41) is 1.73. The summed E-state index contributed by atoms with van der Waals surface area (Å²) >= 11 is 0. The minimum absolute atomic E-state index is 0.105. The zero-order valence-electron chi connectivity index (χ0n) is 13.9. The first-order chi connectivity index (χ1) is 11.5. The van der Waals surface area contributed by atoms with Crippen LogP contribution in [0.5, 0.6) is 0 Å². The summed E-state index contributed by atoms with van der Waals surface area (Å²) in [5.74, 6) is -0.970. The molecule has 1 N–H and O–H groups in total. The van der Waals surface area contributed by atoms with Crippen LogP contribution in [0.1, 0.15) is 16.8 Å². The predicted molar refractivity (Wildman–Crippen MR) is 85.7 cm³/mol. The van der Waals surface area contributed by atoms with Crippen molar-refractivity contribution in [2.24, 2.45) is 0 Å². The number of alkyl halides is 3. The van der Waals surface area contributed by atoms with Gasteiger partial charge in [0.25, 0.3) is 5.91 Å². The molecule has 1 amide bonds. The average Bonchev–Trinajstić information content (AvgIpc) is 3.03. The zero-order valence-corrected chi connectivity index (χ0v) is 14.7. The summed E-state index contributed by atoms with van der Waals surface area (Å²) in [5.41, 5.74) is -0.131. The van der Waals surface area contributed by atoms with Gasteiger partial charge >= 0.3 is 6.18 Å². The zero-order chi connectivity index (χ0) is 18.8. The van der Waals surface area contributed by atoms with Crippen LogP contribution >= 0.6 is 0 Å². The lowest BCUT2D eigenvalue weighted by Crippen LogP contribution is -2.35. The summed E-state index contributed by atoms with van der Waals surface area (Å²) in [6, 6.07) is 5.16. The second-order valence-corrected chi connectivity index (χ2v) is 8.03. The molecule has 0 spiro atoms. The molecule has 1 atom stereocenters. The lowest BCUT2D eigenvalue weighted by Gasteiger charge is -2.20. The highest BCUT2D eigenvalue weighted by atomic mass is 32.2. The van der Waals surface area contributed by atoms with Crippen LogP contribution in [0.4, 0.5) is 13.2 Å². The van der Waals surface area contributed by atoms with Crippen molar-refractivity contribution in [2.45, 2.75) is 23.5 Å². The van der Waals surface area contributed by atoms with Gasteiger partial charge in [-0.25, -0.2) is 8.42 Å². The Morgan fingerprint density at radius 3 is 2.60 bits per heavy atom. The molecule has 1 saturated heterocycles. The number of sulfonamides is 1. The average molecular weight is 379 g/mol. The number of benzene rings is 1. The van der Waals surface area contributed by atoms with Gasteiger partial charge in [-0.05, 0) is 38.7 Å². The number of halogens is 3. The Morgan fingerprint density at radius 2 is 2.04 bits per heavy atom. The monoisotopic (exact) mass is 379 g/mol. The Bertz CT molecular complexity index is 735. The quantitative estimate of drug-likeness (QED) is 0.837. The first-order valence-corrected chi connectivity index (χ1v) is 9.06. The molecule has 0 radical (unpaired) electrons. The van der Waals surface area contributed by atoms with E-state index in [1.165, 1.54) is 22.5 Å². The van der Waals surface area contributed by atoms with Crippen LogP contribution in [0, 0.1) is 0 Å². The number of carbonyl (C=O) groups is 1. The van der Waals surface area contributed by atoms with Gasteiger partial charge in [0.05, 0.1) is 4.90 Å². The molecule has 1 aromatic rings. The maximum Gasteiger partial charge on any atom is 0.405 e. The molecule has 1 aliphatic rings. The van der Waals surface area contributed by atoms with Crippen molar-refractivity contribution in [1.82, 2.24) is 14.5 Å². The van der Waals surface area contributed by atoms with Crippen molar-refractivity contribution in [3.05, 3.63) is 29.8 Å². The molecule has 1 aromatic carbocycles. The third kappa shape index (κ3) is 4.93. The van der Waals surface area contributed by atoms with Gasteiger partial charge in [0, 0.05) is 24.7 Å². The predicted octanol–water partition coefficient (Wildman–Crippen LogP) is 1.30. The molecule has 0 bridgehead atoms. The molecule has 1 heterocycles. The van der Waals surface area contributed by atoms with Crippen LogP contribution in [-0.2, 0) is 10.0 Å². The Balaban J connectivity index is 2.16. The van der Waals surface area contributed by atoms with E-state index in [1.54, 1.807) is 5.32 Å². The van der Waals surface area contributed by atoms with Gasteiger partial charge in [-0.15, -0.1) is 0 Å². The molecule has 0 aliphatic carbocycles. The molecule has 1 fully saturated rings. The lowest BCUT2D eigenvalue weighted by atomic mass is 10.2. The Morgan fingerprint density at radius 1 is 1.36 bits per heavy atom. The number of hydrogen-bond donors (Lipinski definition) is 1. The minimum atomic E-state index is -4.53. The van der Waals surface area contributed by atoms with Gasteiger partial charge in [-0.1, -0.05) is 6.07 Å². The summed E-state index contributed by atoms with van der Waals surface area (Å²) in [4.78, 5) is 13.6. The third-order valence-electron chi connectivity index (χ3n) is 4.04. The second kappa shape index (κ2) is 7.30. The normalized spacial score (nSPS) is 19.4. The molecule has 140 valence electrons. The van der Waals surface area contributed by atoms with Crippen LogP contribution in [0.25, 0.3) is 0 Å². The van der Waals surface area contributed by atoms with Crippen LogP contribution in [0.15, 0.2) is 29.2 Å². The van der Waals surface area contributed by atoms with E-state index in [9.17, 15) is 26.4 Å². The van der Waals surface area contributed by atoms with Gasteiger partial charge in [-0.2, -0.15) is 17.5 Å². The summed E-state index contributed by atoms with van der Waals surface area (Å²) < 4.78 is 63.3. The van der Waals surface area contributed by atoms with Crippen molar-refractivity contribution >= 4 is 15.9 Å². The van der Waals surface area contributed by atoms with E-state index in [-0.39, 0.29) is 16.5 Å². The van der Waals surface area contributed by atoms with Crippen molar-refractivity contribution in [3.63, 3.8) is 0 Å². The largest absolute Gasteiger partial charge is 0.405 e. The molecular formula is C15H20F3N3O3S. The van der Waals surface area contributed by atoms with Gasteiger partial charge in [-0.3, -0.25) is 4.79 Å². The highest BCUT2D eigenvalue weighted by Gasteiger charge is 2.34. The van der Waals surface area contributed by atoms with Crippen LogP contribution < -0.4 is 5.32 Å². The second-order valence-electron chi connectivity index (χ2n) is 6.09. The number of nitrogens with one attached hydrogen (secondary N) is 1. The first-order valence-electron chi connectivity index (χ1n) is 7.62. The Labute approximate surface area is 144 Å².